The number of ether oxygens (including phenoxy) is 4. The fourth-order valence-corrected chi connectivity index (χ4v) is 2.88. The van der Waals surface area contributed by atoms with Gasteiger partial charge in [0.25, 0.3) is 5.91 Å². The van der Waals surface area contributed by atoms with E-state index in [0.29, 0.717) is 23.7 Å². The molecule has 0 aromatic heterocycles. The van der Waals surface area contributed by atoms with E-state index in [1.807, 2.05) is 39.0 Å². The second-order valence-electron chi connectivity index (χ2n) is 6.52. The monoisotopic (exact) mass is 401 g/mol. The maximum absolute atomic E-state index is 12.9. The van der Waals surface area contributed by atoms with Crippen molar-refractivity contribution in [2.45, 2.75) is 33.3 Å². The first kappa shape index (κ1) is 22.1. The third-order valence-corrected chi connectivity index (χ3v) is 4.45. The zero-order valence-electron chi connectivity index (χ0n) is 17.6. The van der Waals surface area contributed by atoms with Gasteiger partial charge in [-0.2, -0.15) is 0 Å². The molecule has 29 heavy (non-hydrogen) atoms. The summed E-state index contributed by atoms with van der Waals surface area (Å²) in [5.74, 6) is 0.371. The lowest BCUT2D eigenvalue weighted by atomic mass is 10.1. The first-order valence-corrected chi connectivity index (χ1v) is 9.23. The number of anilines is 1. The van der Waals surface area contributed by atoms with Crippen molar-refractivity contribution in [3.63, 3.8) is 0 Å². The summed E-state index contributed by atoms with van der Waals surface area (Å²) in [4.78, 5) is 25.1. The number of carbonyl (C=O) groups is 2. The van der Waals surface area contributed by atoms with E-state index in [4.69, 9.17) is 18.9 Å². The maximum atomic E-state index is 12.9. The van der Waals surface area contributed by atoms with E-state index in [1.54, 1.807) is 0 Å². The molecule has 0 spiro atoms. The normalized spacial score (nSPS) is 11.4. The van der Waals surface area contributed by atoms with Gasteiger partial charge in [-0.1, -0.05) is 24.6 Å². The van der Waals surface area contributed by atoms with Gasteiger partial charge in [0.2, 0.25) is 0 Å². The lowest BCUT2D eigenvalue weighted by molar-refractivity contribution is -0.122. The van der Waals surface area contributed by atoms with Crippen LogP contribution in [0.4, 0.5) is 5.69 Å². The first-order valence-electron chi connectivity index (χ1n) is 9.23. The van der Waals surface area contributed by atoms with Crippen LogP contribution in [-0.2, 0) is 9.53 Å². The average Bonchev–Trinajstić information content (AvgIpc) is 2.72. The highest BCUT2D eigenvalue weighted by Gasteiger charge is 2.24. The number of methoxy groups -OCH3 is 3. The zero-order valence-corrected chi connectivity index (χ0v) is 17.6. The molecular weight excluding hydrogens is 374 g/mol. The minimum Gasteiger partial charge on any atom is -0.493 e. The van der Waals surface area contributed by atoms with Crippen molar-refractivity contribution in [3.05, 3.63) is 47.0 Å². The Morgan fingerprint density at radius 2 is 1.62 bits per heavy atom. The topological polar surface area (TPSA) is 83.1 Å². The average molecular weight is 401 g/mol. The fourth-order valence-electron chi connectivity index (χ4n) is 2.88. The van der Waals surface area contributed by atoms with Crippen LogP contribution in [0.1, 0.15) is 34.8 Å². The number of carbonyl (C=O) groups excluding carboxylic acids is 2. The molecule has 156 valence electrons. The Kier molecular flexibility index (Phi) is 7.47. The van der Waals surface area contributed by atoms with E-state index < -0.39 is 12.1 Å². The molecule has 1 N–H and O–H groups in total. The fraction of sp³-hybridized carbons (Fsp3) is 0.364. The van der Waals surface area contributed by atoms with Crippen LogP contribution >= 0.6 is 0 Å². The van der Waals surface area contributed by atoms with Gasteiger partial charge in [0.15, 0.2) is 17.6 Å². The van der Waals surface area contributed by atoms with Gasteiger partial charge < -0.3 is 24.3 Å². The minimum atomic E-state index is -0.741. The van der Waals surface area contributed by atoms with Crippen molar-refractivity contribution >= 4 is 17.6 Å². The third-order valence-electron chi connectivity index (χ3n) is 4.45. The van der Waals surface area contributed by atoms with Crippen molar-refractivity contribution < 1.29 is 28.5 Å². The SMILES string of the molecule is CCC(Oc1ccc(C)cc1C)C(=O)Nc1cc(OC)c(OC)cc1C(=O)OC. The van der Waals surface area contributed by atoms with E-state index in [0.717, 1.165) is 11.1 Å². The summed E-state index contributed by atoms with van der Waals surface area (Å²) in [7, 11) is 4.20. The van der Waals surface area contributed by atoms with Gasteiger partial charge in [0, 0.05) is 12.1 Å². The molecule has 0 aliphatic rings. The van der Waals surface area contributed by atoms with Crippen molar-refractivity contribution in [3.8, 4) is 17.2 Å². The summed E-state index contributed by atoms with van der Waals surface area (Å²) in [6, 6.07) is 8.75. The van der Waals surface area contributed by atoms with Gasteiger partial charge in [-0.3, -0.25) is 4.79 Å². The van der Waals surface area contributed by atoms with Gasteiger partial charge in [0.05, 0.1) is 32.6 Å². The minimum absolute atomic E-state index is 0.153. The van der Waals surface area contributed by atoms with Crippen LogP contribution in [0.15, 0.2) is 30.3 Å². The molecule has 0 bridgehead atoms. The first-order chi connectivity index (χ1) is 13.8. The van der Waals surface area contributed by atoms with Crippen molar-refractivity contribution in [2.75, 3.05) is 26.6 Å². The van der Waals surface area contributed by atoms with E-state index in [-0.39, 0.29) is 17.2 Å². The second-order valence-corrected chi connectivity index (χ2v) is 6.52. The van der Waals surface area contributed by atoms with Crippen LogP contribution in [0.2, 0.25) is 0 Å². The summed E-state index contributed by atoms with van der Waals surface area (Å²) >= 11 is 0. The van der Waals surface area contributed by atoms with Crippen LogP contribution in [0.25, 0.3) is 0 Å². The van der Waals surface area contributed by atoms with Crippen LogP contribution in [0.5, 0.6) is 17.2 Å². The molecule has 1 amide bonds. The summed E-state index contributed by atoms with van der Waals surface area (Å²) < 4.78 is 21.3. The molecule has 0 aliphatic heterocycles. The van der Waals surface area contributed by atoms with Crippen LogP contribution in [0, 0.1) is 13.8 Å². The number of rotatable bonds is 8. The molecule has 2 aromatic rings. The summed E-state index contributed by atoms with van der Waals surface area (Å²) in [6.45, 7) is 5.77. The van der Waals surface area contributed by atoms with E-state index in [9.17, 15) is 9.59 Å². The molecule has 0 heterocycles. The molecule has 7 nitrogen and oxygen atoms in total. The van der Waals surface area contributed by atoms with E-state index >= 15 is 0 Å². The van der Waals surface area contributed by atoms with Gasteiger partial charge in [-0.25, -0.2) is 4.79 Å². The summed E-state index contributed by atoms with van der Waals surface area (Å²) in [5, 5.41) is 2.75. The van der Waals surface area contributed by atoms with Crippen molar-refractivity contribution in [2.24, 2.45) is 0 Å². The quantitative estimate of drug-likeness (QED) is 0.676. The Hall–Kier alpha value is -3.22. The van der Waals surface area contributed by atoms with Gasteiger partial charge in [-0.05, 0) is 31.9 Å². The van der Waals surface area contributed by atoms with Gasteiger partial charge in [-0.15, -0.1) is 0 Å². The largest absolute Gasteiger partial charge is 0.493 e. The standard InChI is InChI=1S/C22H27NO6/c1-7-17(29-18-9-8-13(2)10-14(18)3)21(24)23-16-12-20(27-5)19(26-4)11-15(16)22(25)28-6/h8-12,17H,7H2,1-6H3,(H,23,24). The molecule has 0 saturated heterocycles. The highest BCUT2D eigenvalue weighted by molar-refractivity contribution is 6.03. The number of hydrogen-bond acceptors (Lipinski definition) is 6. The molecule has 2 aromatic carbocycles. The number of nitrogens with one attached hydrogen (secondary N) is 1. The Labute approximate surface area is 170 Å². The highest BCUT2D eigenvalue weighted by atomic mass is 16.5. The molecule has 0 fully saturated rings. The highest BCUT2D eigenvalue weighted by Crippen LogP contribution is 2.34. The summed E-state index contributed by atoms with van der Waals surface area (Å²) in [5.41, 5.74) is 2.46. The number of amides is 1. The predicted octanol–water partition coefficient (Wildman–Crippen LogP) is 3.90. The third kappa shape index (κ3) is 5.19. The van der Waals surface area contributed by atoms with Crippen molar-refractivity contribution in [1.29, 1.82) is 0 Å². The number of aryl methyl sites for hydroxylation is 2. The number of esters is 1. The smallest absolute Gasteiger partial charge is 0.340 e. The molecule has 0 radical (unpaired) electrons. The zero-order chi connectivity index (χ0) is 21.6. The lowest BCUT2D eigenvalue weighted by Gasteiger charge is -2.20. The van der Waals surface area contributed by atoms with E-state index in [2.05, 4.69) is 5.32 Å². The number of hydrogen-bond donors (Lipinski definition) is 1. The Bertz CT molecular complexity index is 893. The molecule has 1 atom stereocenters. The van der Waals surface area contributed by atoms with Crippen LogP contribution < -0.4 is 19.5 Å². The van der Waals surface area contributed by atoms with Gasteiger partial charge >= 0.3 is 5.97 Å². The molecule has 1 unspecified atom stereocenters. The molecule has 0 aliphatic carbocycles. The Morgan fingerprint density at radius 1 is 0.966 bits per heavy atom. The molecule has 0 saturated carbocycles. The van der Waals surface area contributed by atoms with E-state index in [1.165, 1.54) is 33.5 Å². The second kappa shape index (κ2) is 9.82. The van der Waals surface area contributed by atoms with Gasteiger partial charge in [0.1, 0.15) is 5.75 Å². The van der Waals surface area contributed by atoms with Crippen molar-refractivity contribution in [1.82, 2.24) is 0 Å². The molecule has 2 rings (SSSR count). The molecule has 7 heteroatoms. The maximum Gasteiger partial charge on any atom is 0.340 e. The lowest BCUT2D eigenvalue weighted by Crippen LogP contribution is -2.33. The number of benzene rings is 2. The van der Waals surface area contributed by atoms with Crippen LogP contribution in [0.3, 0.4) is 0 Å². The predicted molar refractivity (Wildman–Crippen MR) is 110 cm³/mol. The Morgan fingerprint density at radius 3 is 2.17 bits per heavy atom. The Balaban J connectivity index is 2.32. The molecular formula is C22H27NO6. The summed E-state index contributed by atoms with van der Waals surface area (Å²) in [6.07, 6.45) is -0.296. The van der Waals surface area contributed by atoms with Crippen LogP contribution in [-0.4, -0.2) is 39.3 Å².